The lowest BCUT2D eigenvalue weighted by atomic mass is 10.1. The highest BCUT2D eigenvalue weighted by molar-refractivity contribution is 5.91. The van der Waals surface area contributed by atoms with Gasteiger partial charge in [-0.15, -0.1) is 0 Å². The number of hydrogen-bond donors (Lipinski definition) is 1. The van der Waals surface area contributed by atoms with Crippen LogP contribution < -0.4 is 5.32 Å². The Labute approximate surface area is 89.5 Å². The Balaban J connectivity index is 2.34. The van der Waals surface area contributed by atoms with Gasteiger partial charge in [-0.1, -0.05) is 17.7 Å². The van der Waals surface area contributed by atoms with E-state index in [0.717, 1.165) is 11.3 Å². The van der Waals surface area contributed by atoms with Gasteiger partial charge in [0.2, 0.25) is 0 Å². The molecule has 0 saturated carbocycles. The van der Waals surface area contributed by atoms with Crippen LogP contribution in [0.5, 0.6) is 0 Å². The van der Waals surface area contributed by atoms with E-state index in [0.29, 0.717) is 6.54 Å². The van der Waals surface area contributed by atoms with Crippen LogP contribution in [0.3, 0.4) is 0 Å². The van der Waals surface area contributed by atoms with Crippen molar-refractivity contribution in [2.24, 2.45) is 0 Å². The van der Waals surface area contributed by atoms with Crippen LogP contribution in [0.4, 0.5) is 10.5 Å². The smallest absolute Gasteiger partial charge is 0.306 e. The zero-order valence-electron chi connectivity index (χ0n) is 9.24. The minimum absolute atomic E-state index is 0.0728. The average molecular weight is 205 g/mol. The molecule has 0 fully saturated rings. The van der Waals surface area contributed by atoms with Crippen LogP contribution in [0.15, 0.2) is 18.2 Å². The predicted octanol–water partition coefficient (Wildman–Crippen LogP) is 1.82. The molecule has 1 aliphatic heterocycles. The Hall–Kier alpha value is -1.55. The van der Waals surface area contributed by atoms with E-state index in [1.807, 2.05) is 26.2 Å². The number of carbonyl (C=O) groups is 1. The molecule has 1 aromatic carbocycles. The Bertz CT molecular complexity index is 401. The second-order valence-corrected chi connectivity index (χ2v) is 4.00. The molecule has 1 N–H and O–H groups in total. The molecule has 1 heterocycles. The van der Waals surface area contributed by atoms with Crippen LogP contribution in [0, 0.1) is 6.92 Å². The first kappa shape index (κ1) is 9.98. The van der Waals surface area contributed by atoms with Crippen LogP contribution in [-0.2, 0) is 6.54 Å². The van der Waals surface area contributed by atoms with Gasteiger partial charge in [-0.2, -0.15) is 0 Å². The molecule has 2 rings (SSSR count). The van der Waals surface area contributed by atoms with E-state index >= 15 is 0 Å². The summed E-state index contributed by atoms with van der Waals surface area (Å²) in [5.74, 6) is 0. The highest BCUT2D eigenvalue weighted by Gasteiger charge is 2.23. The third-order valence-electron chi connectivity index (χ3n) is 2.54. The van der Waals surface area contributed by atoms with Gasteiger partial charge in [-0.05, 0) is 18.6 Å². The van der Waals surface area contributed by atoms with Gasteiger partial charge < -0.3 is 5.32 Å². The van der Waals surface area contributed by atoms with Crippen molar-refractivity contribution in [2.75, 3.05) is 19.4 Å². The molecule has 4 nitrogen and oxygen atoms in total. The van der Waals surface area contributed by atoms with Gasteiger partial charge in [0.15, 0.2) is 0 Å². The number of anilines is 1. The summed E-state index contributed by atoms with van der Waals surface area (Å²) in [6.07, 6.45) is 0. The number of urea groups is 1. The number of hydrazine groups is 1. The topological polar surface area (TPSA) is 35.6 Å². The molecular formula is C11H15N3O. The zero-order valence-corrected chi connectivity index (χ0v) is 9.24. The van der Waals surface area contributed by atoms with E-state index in [1.165, 1.54) is 5.56 Å². The minimum Gasteiger partial charge on any atom is -0.306 e. The molecule has 4 heteroatoms. The number of benzene rings is 1. The lowest BCUT2D eigenvalue weighted by Gasteiger charge is -2.33. The molecule has 1 aromatic rings. The molecule has 80 valence electrons. The van der Waals surface area contributed by atoms with E-state index < -0.39 is 0 Å². The van der Waals surface area contributed by atoms with Gasteiger partial charge in [0.05, 0.1) is 6.54 Å². The third kappa shape index (κ3) is 1.80. The molecule has 2 amide bonds. The standard InChI is InChI=1S/C11H15N3O/c1-8-4-5-10-9(6-8)7-14(13(2)3)11(15)12-10/h4-6H,7H2,1-3H3,(H,12,15). The Morgan fingerprint density at radius 3 is 2.80 bits per heavy atom. The Morgan fingerprint density at radius 1 is 1.40 bits per heavy atom. The number of aryl methyl sites for hydroxylation is 1. The third-order valence-corrected chi connectivity index (χ3v) is 2.54. The highest BCUT2D eigenvalue weighted by Crippen LogP contribution is 2.24. The maximum Gasteiger partial charge on any atom is 0.336 e. The fraction of sp³-hybridized carbons (Fsp3) is 0.364. The molecule has 0 radical (unpaired) electrons. The second-order valence-electron chi connectivity index (χ2n) is 4.00. The first-order valence-corrected chi connectivity index (χ1v) is 4.93. The van der Waals surface area contributed by atoms with Gasteiger partial charge in [0.1, 0.15) is 0 Å². The maximum absolute atomic E-state index is 11.7. The quantitative estimate of drug-likeness (QED) is 0.759. The summed E-state index contributed by atoms with van der Waals surface area (Å²) >= 11 is 0. The van der Waals surface area contributed by atoms with E-state index in [-0.39, 0.29) is 6.03 Å². The van der Waals surface area contributed by atoms with Crippen molar-refractivity contribution in [1.82, 2.24) is 10.0 Å². The number of rotatable bonds is 1. The molecule has 0 unspecified atom stereocenters. The van der Waals surface area contributed by atoms with E-state index in [9.17, 15) is 4.79 Å². The number of nitrogens with zero attached hydrogens (tertiary/aromatic N) is 2. The number of nitrogens with one attached hydrogen (secondary N) is 1. The summed E-state index contributed by atoms with van der Waals surface area (Å²) in [7, 11) is 3.72. The highest BCUT2D eigenvalue weighted by atomic mass is 16.2. The summed E-state index contributed by atoms with van der Waals surface area (Å²) in [5.41, 5.74) is 3.29. The molecule has 0 atom stereocenters. The minimum atomic E-state index is -0.0728. The maximum atomic E-state index is 11.7. The van der Waals surface area contributed by atoms with Gasteiger partial charge >= 0.3 is 6.03 Å². The van der Waals surface area contributed by atoms with E-state index in [1.54, 1.807) is 10.0 Å². The summed E-state index contributed by atoms with van der Waals surface area (Å²) < 4.78 is 0. The van der Waals surface area contributed by atoms with Crippen LogP contribution in [0.2, 0.25) is 0 Å². The lowest BCUT2D eigenvalue weighted by Crippen LogP contribution is -2.46. The largest absolute Gasteiger partial charge is 0.336 e. The second kappa shape index (κ2) is 3.55. The average Bonchev–Trinajstić information content (AvgIpc) is 2.17. The zero-order chi connectivity index (χ0) is 11.0. The molecule has 0 aromatic heterocycles. The number of carbonyl (C=O) groups excluding carboxylic acids is 1. The van der Waals surface area contributed by atoms with E-state index in [4.69, 9.17) is 0 Å². The first-order chi connectivity index (χ1) is 7.08. The molecule has 15 heavy (non-hydrogen) atoms. The van der Waals surface area contributed by atoms with Gasteiger partial charge in [-0.25, -0.2) is 9.80 Å². The van der Waals surface area contributed by atoms with Crippen molar-refractivity contribution in [3.8, 4) is 0 Å². The van der Waals surface area contributed by atoms with E-state index in [2.05, 4.69) is 18.3 Å². The SMILES string of the molecule is Cc1ccc2c(c1)CN(N(C)C)C(=O)N2. The monoisotopic (exact) mass is 205 g/mol. The molecular weight excluding hydrogens is 190 g/mol. The molecule has 0 bridgehead atoms. The fourth-order valence-electron chi connectivity index (χ4n) is 1.71. The molecule has 0 saturated heterocycles. The number of amides is 2. The molecule has 0 aliphatic carbocycles. The van der Waals surface area contributed by atoms with Crippen LogP contribution in [0.1, 0.15) is 11.1 Å². The summed E-state index contributed by atoms with van der Waals surface area (Å²) in [5, 5.41) is 6.32. The van der Waals surface area contributed by atoms with Crippen molar-refractivity contribution in [3.05, 3.63) is 29.3 Å². The summed E-state index contributed by atoms with van der Waals surface area (Å²) in [6.45, 7) is 2.69. The van der Waals surface area contributed by atoms with Crippen molar-refractivity contribution >= 4 is 11.7 Å². The van der Waals surface area contributed by atoms with Crippen molar-refractivity contribution in [1.29, 1.82) is 0 Å². The molecule has 0 spiro atoms. The van der Waals surface area contributed by atoms with Gasteiger partial charge in [-0.3, -0.25) is 5.01 Å². The summed E-state index contributed by atoms with van der Waals surface area (Å²) in [6, 6.07) is 5.99. The normalized spacial score (nSPS) is 15.2. The van der Waals surface area contributed by atoms with Crippen molar-refractivity contribution in [2.45, 2.75) is 13.5 Å². The van der Waals surface area contributed by atoms with Gasteiger partial charge in [0, 0.05) is 19.8 Å². The number of fused-ring (bicyclic) bond motifs is 1. The first-order valence-electron chi connectivity index (χ1n) is 4.93. The lowest BCUT2D eigenvalue weighted by molar-refractivity contribution is 0.0615. The van der Waals surface area contributed by atoms with Crippen LogP contribution in [0.25, 0.3) is 0 Å². The van der Waals surface area contributed by atoms with Crippen LogP contribution >= 0.6 is 0 Å². The Morgan fingerprint density at radius 2 is 2.13 bits per heavy atom. The summed E-state index contributed by atoms with van der Waals surface area (Å²) in [4.78, 5) is 11.7. The van der Waals surface area contributed by atoms with Gasteiger partial charge in [0.25, 0.3) is 0 Å². The van der Waals surface area contributed by atoms with Crippen molar-refractivity contribution in [3.63, 3.8) is 0 Å². The fourth-order valence-corrected chi connectivity index (χ4v) is 1.71. The predicted molar refractivity (Wildman–Crippen MR) is 59.4 cm³/mol. The van der Waals surface area contributed by atoms with Crippen LogP contribution in [-0.4, -0.2) is 30.1 Å². The van der Waals surface area contributed by atoms with Crippen molar-refractivity contribution < 1.29 is 4.79 Å². The number of hydrogen-bond acceptors (Lipinski definition) is 2. The molecule has 1 aliphatic rings. The Kier molecular flexibility index (Phi) is 2.36.